The van der Waals surface area contributed by atoms with Crippen LogP contribution in [0.15, 0.2) is 12.3 Å². The molecule has 1 fully saturated rings. The Morgan fingerprint density at radius 2 is 2.00 bits per heavy atom. The fourth-order valence-electron chi connectivity index (χ4n) is 3.13. The molecule has 2 rings (SSSR count). The zero-order valence-electron chi connectivity index (χ0n) is 12.3. The van der Waals surface area contributed by atoms with Gasteiger partial charge in [-0.15, -0.1) is 0 Å². The van der Waals surface area contributed by atoms with E-state index in [1.165, 1.54) is 13.5 Å². The molecule has 2 atom stereocenters. The second-order valence-corrected chi connectivity index (χ2v) is 5.87. The van der Waals surface area contributed by atoms with Crippen molar-refractivity contribution in [3.05, 3.63) is 17.8 Å². The molecule has 1 saturated carbocycles. The number of rotatable bonds is 3. The first-order valence-electron chi connectivity index (χ1n) is 7.10. The second kappa shape index (κ2) is 6.11. The molecule has 0 aromatic carbocycles. The summed E-state index contributed by atoms with van der Waals surface area (Å²) in [5.74, 6) is 1.54. The average molecular weight is 277 g/mol. The lowest BCUT2D eigenvalue weighted by Gasteiger charge is -2.32. The number of anilines is 2. The van der Waals surface area contributed by atoms with Crippen molar-refractivity contribution in [2.75, 3.05) is 18.2 Å². The minimum atomic E-state index is -0.432. The molecule has 1 heterocycles. The Morgan fingerprint density at radius 1 is 1.35 bits per heavy atom. The van der Waals surface area contributed by atoms with Crippen LogP contribution >= 0.6 is 0 Å². The third kappa shape index (κ3) is 3.21. The summed E-state index contributed by atoms with van der Waals surface area (Å²) in [7, 11) is 1.35. The maximum atomic E-state index is 11.6. The van der Waals surface area contributed by atoms with Crippen molar-refractivity contribution >= 4 is 17.5 Å². The Bertz CT molecular complexity index is 480. The fourth-order valence-corrected chi connectivity index (χ4v) is 3.13. The molecule has 0 bridgehead atoms. The van der Waals surface area contributed by atoms with Crippen molar-refractivity contribution in [3.63, 3.8) is 0 Å². The Balaban J connectivity index is 2.15. The summed E-state index contributed by atoms with van der Waals surface area (Å²) in [6.07, 6.45) is 5.06. The Labute approximate surface area is 119 Å². The first kappa shape index (κ1) is 14.6. The maximum Gasteiger partial charge on any atom is 0.340 e. The molecule has 1 aliphatic rings. The molecule has 0 aliphatic heterocycles. The molecule has 1 aliphatic carbocycles. The first-order chi connectivity index (χ1) is 9.51. The summed E-state index contributed by atoms with van der Waals surface area (Å²) in [6, 6.07) is 1.94. The van der Waals surface area contributed by atoms with Gasteiger partial charge in [-0.25, -0.2) is 9.78 Å². The van der Waals surface area contributed by atoms with Gasteiger partial charge in [0.2, 0.25) is 0 Å². The zero-order chi connectivity index (χ0) is 14.7. The predicted molar refractivity (Wildman–Crippen MR) is 79.6 cm³/mol. The number of carbonyl (C=O) groups is 1. The molecule has 0 amide bonds. The van der Waals surface area contributed by atoms with Gasteiger partial charge < -0.3 is 15.8 Å². The van der Waals surface area contributed by atoms with Gasteiger partial charge >= 0.3 is 5.97 Å². The molecule has 0 spiro atoms. The van der Waals surface area contributed by atoms with Crippen LogP contribution in [-0.2, 0) is 4.74 Å². The molecule has 0 saturated heterocycles. The third-order valence-corrected chi connectivity index (χ3v) is 3.91. The molecule has 110 valence electrons. The summed E-state index contributed by atoms with van der Waals surface area (Å²) >= 11 is 0. The van der Waals surface area contributed by atoms with E-state index in [1.54, 1.807) is 12.3 Å². The smallest absolute Gasteiger partial charge is 0.340 e. The van der Waals surface area contributed by atoms with E-state index in [0.29, 0.717) is 34.9 Å². The molecule has 5 nitrogen and oxygen atoms in total. The molecule has 1 aromatic rings. The van der Waals surface area contributed by atoms with Crippen molar-refractivity contribution in [2.24, 2.45) is 11.8 Å². The number of nitrogens with one attached hydrogen (secondary N) is 1. The number of hydrogen-bond donors (Lipinski definition) is 2. The van der Waals surface area contributed by atoms with Crippen molar-refractivity contribution in [1.29, 1.82) is 0 Å². The monoisotopic (exact) mass is 277 g/mol. The number of aromatic nitrogens is 1. The normalized spacial score (nSPS) is 26.1. The van der Waals surface area contributed by atoms with E-state index in [0.717, 1.165) is 12.8 Å². The lowest BCUT2D eigenvalue weighted by Crippen LogP contribution is -2.31. The number of ether oxygens (including phenoxy) is 1. The Morgan fingerprint density at radius 3 is 2.60 bits per heavy atom. The Hall–Kier alpha value is -1.78. The molecule has 1 aromatic heterocycles. The van der Waals surface area contributed by atoms with Crippen molar-refractivity contribution in [1.82, 2.24) is 4.98 Å². The zero-order valence-corrected chi connectivity index (χ0v) is 12.3. The summed E-state index contributed by atoms with van der Waals surface area (Å²) in [5.41, 5.74) is 6.75. The highest BCUT2D eigenvalue weighted by Gasteiger charge is 2.25. The minimum absolute atomic E-state index is 0.358. The largest absolute Gasteiger partial charge is 0.465 e. The van der Waals surface area contributed by atoms with Crippen molar-refractivity contribution in [2.45, 2.75) is 39.2 Å². The van der Waals surface area contributed by atoms with E-state index >= 15 is 0 Å². The van der Waals surface area contributed by atoms with Crippen LogP contribution in [-0.4, -0.2) is 24.1 Å². The third-order valence-electron chi connectivity index (χ3n) is 3.91. The number of nitrogens with zero attached hydrogens (tertiary/aromatic N) is 1. The topological polar surface area (TPSA) is 77.2 Å². The predicted octanol–water partition coefficient (Wildman–Crippen LogP) is 2.69. The van der Waals surface area contributed by atoms with Crippen molar-refractivity contribution in [3.8, 4) is 0 Å². The molecular weight excluding hydrogens is 254 g/mol. The summed E-state index contributed by atoms with van der Waals surface area (Å²) in [6.45, 7) is 4.54. The van der Waals surface area contributed by atoms with Gasteiger partial charge in [0.15, 0.2) is 0 Å². The van der Waals surface area contributed by atoms with E-state index < -0.39 is 5.97 Å². The number of hydrogen-bond acceptors (Lipinski definition) is 5. The maximum absolute atomic E-state index is 11.6. The van der Waals surface area contributed by atoms with Gasteiger partial charge in [-0.2, -0.15) is 0 Å². The minimum Gasteiger partial charge on any atom is -0.465 e. The summed E-state index contributed by atoms with van der Waals surface area (Å²) < 4.78 is 4.72. The van der Waals surface area contributed by atoms with Gasteiger partial charge in [0.05, 0.1) is 18.4 Å². The van der Waals surface area contributed by atoms with Crippen LogP contribution in [0.4, 0.5) is 11.5 Å². The quantitative estimate of drug-likeness (QED) is 0.831. The van der Waals surface area contributed by atoms with Crippen LogP contribution < -0.4 is 11.1 Å². The van der Waals surface area contributed by atoms with E-state index in [9.17, 15) is 4.79 Å². The van der Waals surface area contributed by atoms with Gasteiger partial charge in [-0.1, -0.05) is 13.8 Å². The van der Waals surface area contributed by atoms with Crippen LogP contribution in [0.2, 0.25) is 0 Å². The number of esters is 1. The molecule has 0 radical (unpaired) electrons. The number of nitrogens with two attached hydrogens (primary N) is 1. The van der Waals surface area contributed by atoms with Crippen LogP contribution in [0.25, 0.3) is 0 Å². The molecule has 5 heteroatoms. The standard InChI is InChI=1S/C15H23N3O2/c1-9-6-10(2)8-11(7-9)18-14-13(16)12(4-5-17-14)15(19)20-3/h4-5,9-11H,6-8,16H2,1-3H3,(H,17,18). The lowest BCUT2D eigenvalue weighted by atomic mass is 9.80. The summed E-state index contributed by atoms with van der Waals surface area (Å²) in [4.78, 5) is 15.9. The van der Waals surface area contributed by atoms with E-state index in [4.69, 9.17) is 10.5 Å². The molecule has 20 heavy (non-hydrogen) atoms. The van der Waals surface area contributed by atoms with Crippen LogP contribution in [0.3, 0.4) is 0 Å². The summed E-state index contributed by atoms with van der Waals surface area (Å²) in [5, 5.41) is 3.39. The SMILES string of the molecule is COC(=O)c1ccnc(NC2CC(C)CC(C)C2)c1N. The first-order valence-corrected chi connectivity index (χ1v) is 7.10. The Kier molecular flexibility index (Phi) is 4.47. The van der Waals surface area contributed by atoms with Crippen LogP contribution in [0.1, 0.15) is 43.5 Å². The van der Waals surface area contributed by atoms with Crippen LogP contribution in [0, 0.1) is 11.8 Å². The molecule has 3 N–H and O–H groups in total. The number of pyridine rings is 1. The fraction of sp³-hybridized carbons (Fsp3) is 0.600. The number of nitrogen functional groups attached to an aromatic ring is 1. The second-order valence-electron chi connectivity index (χ2n) is 5.87. The lowest BCUT2D eigenvalue weighted by molar-refractivity contribution is 0.0602. The number of methoxy groups -OCH3 is 1. The van der Waals surface area contributed by atoms with Crippen molar-refractivity contribution < 1.29 is 9.53 Å². The van der Waals surface area contributed by atoms with Gasteiger partial charge in [0.1, 0.15) is 5.82 Å². The highest BCUT2D eigenvalue weighted by atomic mass is 16.5. The van der Waals surface area contributed by atoms with Crippen LogP contribution in [0.5, 0.6) is 0 Å². The average Bonchev–Trinajstić information content (AvgIpc) is 2.39. The van der Waals surface area contributed by atoms with Gasteiger partial charge in [-0.3, -0.25) is 0 Å². The van der Waals surface area contributed by atoms with E-state index in [1.807, 2.05) is 0 Å². The molecular formula is C15H23N3O2. The van der Waals surface area contributed by atoms with E-state index in [-0.39, 0.29) is 0 Å². The van der Waals surface area contributed by atoms with Gasteiger partial charge in [-0.05, 0) is 37.2 Å². The highest BCUT2D eigenvalue weighted by Crippen LogP contribution is 2.31. The molecule has 2 unspecified atom stereocenters. The highest BCUT2D eigenvalue weighted by molar-refractivity contribution is 5.97. The number of carbonyl (C=O) groups excluding carboxylic acids is 1. The van der Waals surface area contributed by atoms with Gasteiger partial charge in [0.25, 0.3) is 0 Å². The van der Waals surface area contributed by atoms with Gasteiger partial charge in [0, 0.05) is 12.2 Å². The van der Waals surface area contributed by atoms with E-state index in [2.05, 4.69) is 24.1 Å².